The number of nitro groups is 2. The Labute approximate surface area is 129 Å². The smallest absolute Gasteiger partial charge is 0.273 e. The molecule has 0 aliphatic carbocycles. The van der Waals surface area contributed by atoms with Gasteiger partial charge in [-0.1, -0.05) is 0 Å². The third-order valence-electron chi connectivity index (χ3n) is 2.87. The SMILES string of the molecule is COc1ccc([N+](=O)[O-])cc1Oc1ccc([N+](=O)[O-])cc1C#N. The van der Waals surface area contributed by atoms with Gasteiger partial charge < -0.3 is 9.47 Å². The Kier molecular flexibility index (Phi) is 4.37. The van der Waals surface area contributed by atoms with E-state index in [0.717, 1.165) is 12.1 Å². The van der Waals surface area contributed by atoms with Crippen LogP contribution in [0.2, 0.25) is 0 Å². The van der Waals surface area contributed by atoms with E-state index in [1.807, 2.05) is 0 Å². The first kappa shape index (κ1) is 15.7. The second kappa shape index (κ2) is 6.40. The summed E-state index contributed by atoms with van der Waals surface area (Å²) in [5.74, 6) is 0.266. The van der Waals surface area contributed by atoms with Crippen LogP contribution in [-0.2, 0) is 0 Å². The molecule has 9 nitrogen and oxygen atoms in total. The monoisotopic (exact) mass is 315 g/mol. The van der Waals surface area contributed by atoms with Gasteiger partial charge in [0.1, 0.15) is 17.4 Å². The Morgan fingerprint density at radius 3 is 2.04 bits per heavy atom. The van der Waals surface area contributed by atoms with Crippen LogP contribution >= 0.6 is 0 Å². The molecule has 0 N–H and O–H groups in total. The maximum Gasteiger partial charge on any atom is 0.273 e. The van der Waals surface area contributed by atoms with Crippen LogP contribution in [-0.4, -0.2) is 17.0 Å². The van der Waals surface area contributed by atoms with Crippen LogP contribution in [0.3, 0.4) is 0 Å². The van der Waals surface area contributed by atoms with Crippen LogP contribution in [0.1, 0.15) is 5.56 Å². The van der Waals surface area contributed by atoms with Crippen LogP contribution in [0.4, 0.5) is 11.4 Å². The lowest BCUT2D eigenvalue weighted by atomic mass is 10.2. The molecule has 0 atom stereocenters. The molecule has 0 spiro atoms. The van der Waals surface area contributed by atoms with E-state index in [4.69, 9.17) is 14.7 Å². The minimum absolute atomic E-state index is 0.0204. The van der Waals surface area contributed by atoms with Crippen molar-refractivity contribution in [1.29, 1.82) is 5.26 Å². The summed E-state index contributed by atoms with van der Waals surface area (Å²) in [4.78, 5) is 20.3. The van der Waals surface area contributed by atoms with Gasteiger partial charge in [0.25, 0.3) is 11.4 Å². The van der Waals surface area contributed by atoms with Gasteiger partial charge in [0.15, 0.2) is 11.5 Å². The van der Waals surface area contributed by atoms with Crippen molar-refractivity contribution < 1.29 is 19.3 Å². The zero-order chi connectivity index (χ0) is 17.0. The first-order chi connectivity index (χ1) is 11.0. The zero-order valence-corrected chi connectivity index (χ0v) is 11.8. The van der Waals surface area contributed by atoms with Crippen LogP contribution < -0.4 is 9.47 Å². The van der Waals surface area contributed by atoms with Crippen molar-refractivity contribution in [3.05, 3.63) is 62.2 Å². The summed E-state index contributed by atoms with van der Waals surface area (Å²) in [7, 11) is 1.36. The molecule has 0 radical (unpaired) electrons. The fourth-order valence-electron chi connectivity index (χ4n) is 1.79. The quantitative estimate of drug-likeness (QED) is 0.612. The van der Waals surface area contributed by atoms with E-state index >= 15 is 0 Å². The van der Waals surface area contributed by atoms with Crippen molar-refractivity contribution in [3.8, 4) is 23.3 Å². The molecule has 2 rings (SSSR count). The van der Waals surface area contributed by atoms with E-state index in [2.05, 4.69) is 0 Å². The first-order valence-corrected chi connectivity index (χ1v) is 6.15. The number of ether oxygens (including phenoxy) is 2. The van der Waals surface area contributed by atoms with Crippen LogP contribution in [0.5, 0.6) is 17.2 Å². The van der Waals surface area contributed by atoms with Gasteiger partial charge in [-0.3, -0.25) is 20.2 Å². The Morgan fingerprint density at radius 1 is 0.957 bits per heavy atom. The zero-order valence-electron chi connectivity index (χ0n) is 11.8. The fraction of sp³-hybridized carbons (Fsp3) is 0.0714. The summed E-state index contributed by atoms with van der Waals surface area (Å²) in [5, 5.41) is 30.6. The largest absolute Gasteiger partial charge is 0.493 e. The van der Waals surface area contributed by atoms with Crippen LogP contribution in [0, 0.1) is 31.6 Å². The van der Waals surface area contributed by atoms with Gasteiger partial charge in [-0.25, -0.2) is 0 Å². The van der Waals surface area contributed by atoms with Gasteiger partial charge in [-0.05, 0) is 12.1 Å². The maximum atomic E-state index is 10.8. The van der Waals surface area contributed by atoms with Gasteiger partial charge in [0.05, 0.1) is 23.0 Å². The minimum atomic E-state index is -0.640. The molecule has 0 saturated carbocycles. The number of nitro benzene ring substituents is 2. The van der Waals surface area contributed by atoms with E-state index in [9.17, 15) is 20.2 Å². The molecule has 0 aromatic heterocycles. The van der Waals surface area contributed by atoms with Gasteiger partial charge in [0.2, 0.25) is 0 Å². The van der Waals surface area contributed by atoms with E-state index in [0.29, 0.717) is 0 Å². The summed E-state index contributed by atoms with van der Waals surface area (Å²) in [6.07, 6.45) is 0. The Morgan fingerprint density at radius 2 is 1.52 bits per heavy atom. The van der Waals surface area contributed by atoms with Crippen molar-refractivity contribution in [2.45, 2.75) is 0 Å². The third-order valence-corrected chi connectivity index (χ3v) is 2.87. The molecule has 0 heterocycles. The summed E-state index contributed by atoms with van der Waals surface area (Å²) >= 11 is 0. The summed E-state index contributed by atoms with van der Waals surface area (Å²) in [6.45, 7) is 0. The lowest BCUT2D eigenvalue weighted by Crippen LogP contribution is -1.96. The van der Waals surface area contributed by atoms with Crippen molar-refractivity contribution in [2.75, 3.05) is 7.11 Å². The number of nitrogens with zero attached hydrogens (tertiary/aromatic N) is 3. The highest BCUT2D eigenvalue weighted by Crippen LogP contribution is 2.36. The molecule has 0 fully saturated rings. The van der Waals surface area contributed by atoms with Crippen LogP contribution in [0.25, 0.3) is 0 Å². The minimum Gasteiger partial charge on any atom is -0.493 e. The number of rotatable bonds is 5. The molecule has 2 aromatic carbocycles. The fourth-order valence-corrected chi connectivity index (χ4v) is 1.79. The second-order valence-electron chi connectivity index (χ2n) is 4.24. The Hall–Kier alpha value is -3.67. The molecule has 2 aromatic rings. The molecule has 23 heavy (non-hydrogen) atoms. The summed E-state index contributed by atoms with van der Waals surface area (Å²) < 4.78 is 10.5. The highest BCUT2D eigenvalue weighted by Gasteiger charge is 2.17. The number of methoxy groups -OCH3 is 1. The normalized spacial score (nSPS) is 9.74. The second-order valence-corrected chi connectivity index (χ2v) is 4.24. The molecule has 116 valence electrons. The van der Waals surface area contributed by atoms with Crippen molar-refractivity contribution in [2.24, 2.45) is 0 Å². The van der Waals surface area contributed by atoms with Gasteiger partial charge in [-0.2, -0.15) is 5.26 Å². The molecule has 0 unspecified atom stereocenters. The summed E-state index contributed by atoms with van der Waals surface area (Å²) in [5.41, 5.74) is -0.561. The number of hydrogen-bond acceptors (Lipinski definition) is 7. The average Bonchev–Trinajstić information content (AvgIpc) is 2.54. The summed E-state index contributed by atoms with van der Waals surface area (Å²) in [6, 6.07) is 8.98. The average molecular weight is 315 g/mol. The van der Waals surface area contributed by atoms with E-state index in [1.165, 1.54) is 31.4 Å². The lowest BCUT2D eigenvalue weighted by molar-refractivity contribution is -0.385. The number of benzene rings is 2. The molecule has 0 saturated heterocycles. The van der Waals surface area contributed by atoms with Crippen molar-refractivity contribution >= 4 is 11.4 Å². The lowest BCUT2D eigenvalue weighted by Gasteiger charge is -2.11. The predicted molar refractivity (Wildman–Crippen MR) is 77.5 cm³/mol. The number of hydrogen-bond donors (Lipinski definition) is 0. The van der Waals surface area contributed by atoms with E-state index in [-0.39, 0.29) is 34.2 Å². The van der Waals surface area contributed by atoms with Gasteiger partial charge in [0, 0.05) is 18.2 Å². The molecule has 0 aliphatic heterocycles. The van der Waals surface area contributed by atoms with Crippen molar-refractivity contribution in [3.63, 3.8) is 0 Å². The highest BCUT2D eigenvalue weighted by atomic mass is 16.6. The maximum absolute atomic E-state index is 10.8. The van der Waals surface area contributed by atoms with Gasteiger partial charge in [-0.15, -0.1) is 0 Å². The van der Waals surface area contributed by atoms with E-state index < -0.39 is 9.85 Å². The van der Waals surface area contributed by atoms with E-state index in [1.54, 1.807) is 6.07 Å². The number of non-ortho nitro benzene ring substituents is 2. The first-order valence-electron chi connectivity index (χ1n) is 6.15. The number of nitriles is 1. The van der Waals surface area contributed by atoms with Crippen molar-refractivity contribution in [1.82, 2.24) is 0 Å². The molecule has 9 heteroatoms. The molecular formula is C14H9N3O6. The molecule has 0 amide bonds. The molecule has 0 aliphatic rings. The van der Waals surface area contributed by atoms with Crippen LogP contribution in [0.15, 0.2) is 36.4 Å². The highest BCUT2D eigenvalue weighted by molar-refractivity contribution is 5.55. The predicted octanol–water partition coefficient (Wildman–Crippen LogP) is 3.18. The van der Waals surface area contributed by atoms with Gasteiger partial charge >= 0.3 is 0 Å². The third kappa shape index (κ3) is 3.33. The Bertz CT molecular complexity index is 828. The standard InChI is InChI=1S/C14H9N3O6/c1-22-13-5-3-11(17(20)21)7-14(13)23-12-4-2-10(16(18)19)6-9(12)8-15/h2-7H,1H3. The molecule has 0 bridgehead atoms. The topological polar surface area (TPSA) is 129 Å². The Balaban J connectivity index is 2.46. The molecular weight excluding hydrogens is 306 g/mol.